The number of rotatable bonds is 12. The molecule has 276 valence electrons. The van der Waals surface area contributed by atoms with Crippen molar-refractivity contribution in [2.24, 2.45) is 0 Å². The lowest BCUT2D eigenvalue weighted by molar-refractivity contribution is -0.130. The standard InChI is InChI=1S/C44H50N4O5/c1-8-46-39(45-47(42(46)50)28-32-19-24-36(25-20-32)44(4,5)6)16-12-13-31-17-21-33(22-18-31)35-23-26-38(52-7)37(27-35)29(2)41(49)48-30(3)40(53-43(48)51)34-14-10-9-11-15-34/h9-11,14-15,17-27,29-30,40H,8,12-13,16,28H2,1-7H3/t29?,30-,40-/m1/s1. The third kappa shape index (κ3) is 7.99. The van der Waals surface area contributed by atoms with Crippen molar-refractivity contribution in [1.29, 1.82) is 0 Å². The minimum Gasteiger partial charge on any atom is -0.496 e. The Hall–Kier alpha value is -5.44. The van der Waals surface area contributed by atoms with Gasteiger partial charge in [-0.2, -0.15) is 5.10 Å². The van der Waals surface area contributed by atoms with Crippen LogP contribution < -0.4 is 10.4 Å². The number of carbonyl (C=O) groups is 2. The molecule has 0 aliphatic carbocycles. The van der Waals surface area contributed by atoms with Crippen LogP contribution in [0.1, 0.15) is 93.6 Å². The van der Waals surface area contributed by atoms with Gasteiger partial charge < -0.3 is 9.47 Å². The van der Waals surface area contributed by atoms with Gasteiger partial charge in [-0.25, -0.2) is 19.2 Å². The number of imide groups is 1. The lowest BCUT2D eigenvalue weighted by Gasteiger charge is -2.24. The topological polar surface area (TPSA) is 95.7 Å². The van der Waals surface area contributed by atoms with Gasteiger partial charge in [-0.1, -0.05) is 106 Å². The molecule has 3 atom stereocenters. The molecular weight excluding hydrogens is 665 g/mol. The molecule has 0 saturated carbocycles. The lowest BCUT2D eigenvalue weighted by atomic mass is 9.87. The van der Waals surface area contributed by atoms with Crippen molar-refractivity contribution >= 4 is 12.0 Å². The monoisotopic (exact) mass is 714 g/mol. The molecule has 0 N–H and O–H groups in total. The highest BCUT2D eigenvalue weighted by Crippen LogP contribution is 2.37. The van der Waals surface area contributed by atoms with Gasteiger partial charge in [-0.15, -0.1) is 0 Å². The minimum absolute atomic E-state index is 0.0759. The van der Waals surface area contributed by atoms with Gasteiger partial charge in [0, 0.05) is 18.5 Å². The Morgan fingerprint density at radius 2 is 1.55 bits per heavy atom. The van der Waals surface area contributed by atoms with Gasteiger partial charge >= 0.3 is 11.8 Å². The van der Waals surface area contributed by atoms with E-state index in [0.717, 1.165) is 40.9 Å². The molecule has 1 aliphatic rings. The van der Waals surface area contributed by atoms with Crippen LogP contribution >= 0.6 is 0 Å². The summed E-state index contributed by atoms with van der Waals surface area (Å²) < 4.78 is 14.7. The third-order valence-electron chi connectivity index (χ3n) is 10.3. The van der Waals surface area contributed by atoms with Crippen LogP contribution in [0.25, 0.3) is 11.1 Å². The quantitative estimate of drug-likeness (QED) is 0.129. The molecule has 0 radical (unpaired) electrons. The number of aryl methyl sites for hydroxylation is 2. The van der Waals surface area contributed by atoms with E-state index in [1.54, 1.807) is 23.3 Å². The molecule has 5 aromatic rings. The van der Waals surface area contributed by atoms with E-state index in [0.29, 0.717) is 30.8 Å². The molecule has 4 aromatic carbocycles. The highest BCUT2D eigenvalue weighted by atomic mass is 16.6. The second-order valence-corrected chi connectivity index (χ2v) is 14.9. The number of cyclic esters (lactones) is 1. The zero-order valence-corrected chi connectivity index (χ0v) is 31.8. The summed E-state index contributed by atoms with van der Waals surface area (Å²) in [6, 6.07) is 31.7. The van der Waals surface area contributed by atoms with Crippen molar-refractivity contribution in [2.45, 2.75) is 97.4 Å². The summed E-state index contributed by atoms with van der Waals surface area (Å²) in [7, 11) is 1.58. The van der Waals surface area contributed by atoms with Gasteiger partial charge in [0.1, 0.15) is 17.7 Å². The first-order valence-electron chi connectivity index (χ1n) is 18.5. The molecule has 1 fully saturated rings. The van der Waals surface area contributed by atoms with Gasteiger partial charge in [0.25, 0.3) is 0 Å². The number of nitrogens with zero attached hydrogens (tertiary/aromatic N) is 4. The van der Waals surface area contributed by atoms with Crippen molar-refractivity contribution in [3.05, 3.63) is 141 Å². The SMILES string of the molecule is CCn1c(CCCc2ccc(-c3ccc(OC)c(C(C)C(=O)N4C(=O)O[C@@H](c5ccccc5)[C@H]4C)c3)cc2)nn(Cc2ccc(C(C)(C)C)cc2)c1=O. The number of benzene rings is 4. The molecule has 1 aromatic heterocycles. The van der Waals surface area contributed by atoms with Gasteiger partial charge in [0.05, 0.1) is 25.6 Å². The molecule has 1 aliphatic heterocycles. The van der Waals surface area contributed by atoms with E-state index >= 15 is 0 Å². The van der Waals surface area contributed by atoms with Gasteiger partial charge in [0.15, 0.2) is 0 Å². The molecule has 9 heteroatoms. The van der Waals surface area contributed by atoms with Crippen molar-refractivity contribution in [3.8, 4) is 16.9 Å². The minimum atomic E-state index is -0.647. The third-order valence-corrected chi connectivity index (χ3v) is 10.3. The summed E-state index contributed by atoms with van der Waals surface area (Å²) in [4.78, 5) is 41.2. The predicted molar refractivity (Wildman–Crippen MR) is 207 cm³/mol. The molecule has 2 amide bonds. The number of hydrogen-bond acceptors (Lipinski definition) is 6. The Morgan fingerprint density at radius 3 is 2.19 bits per heavy atom. The van der Waals surface area contributed by atoms with E-state index in [9.17, 15) is 14.4 Å². The van der Waals surface area contributed by atoms with Crippen LogP contribution in [0.5, 0.6) is 5.75 Å². The fourth-order valence-corrected chi connectivity index (χ4v) is 7.13. The average molecular weight is 715 g/mol. The fourth-order valence-electron chi connectivity index (χ4n) is 7.13. The molecule has 1 unspecified atom stereocenters. The first-order chi connectivity index (χ1) is 25.4. The van der Waals surface area contributed by atoms with Crippen molar-refractivity contribution in [3.63, 3.8) is 0 Å². The van der Waals surface area contributed by atoms with E-state index in [2.05, 4.69) is 69.3 Å². The number of methoxy groups -OCH3 is 1. The number of hydrogen-bond donors (Lipinski definition) is 0. The van der Waals surface area contributed by atoms with E-state index < -0.39 is 24.2 Å². The first kappa shape index (κ1) is 37.3. The molecule has 0 spiro atoms. The molecule has 0 bridgehead atoms. The fraction of sp³-hybridized carbons (Fsp3) is 0.364. The van der Waals surface area contributed by atoms with E-state index in [-0.39, 0.29) is 17.0 Å². The maximum atomic E-state index is 13.8. The molecule has 53 heavy (non-hydrogen) atoms. The smallest absolute Gasteiger partial charge is 0.417 e. The molecular formula is C44H50N4O5. The number of amides is 2. The maximum Gasteiger partial charge on any atom is 0.417 e. The molecule has 6 rings (SSSR count). The molecule has 9 nitrogen and oxygen atoms in total. The van der Waals surface area contributed by atoms with Crippen molar-refractivity contribution < 1.29 is 19.1 Å². The number of aromatic nitrogens is 3. The van der Waals surface area contributed by atoms with Gasteiger partial charge in [-0.3, -0.25) is 9.36 Å². The first-order valence-corrected chi connectivity index (χ1v) is 18.5. The van der Waals surface area contributed by atoms with Crippen LogP contribution in [0.2, 0.25) is 0 Å². The summed E-state index contributed by atoms with van der Waals surface area (Å²) >= 11 is 0. The second-order valence-electron chi connectivity index (χ2n) is 14.9. The summed E-state index contributed by atoms with van der Waals surface area (Å²) in [5.74, 6) is 0.408. The van der Waals surface area contributed by atoms with E-state index in [1.807, 2.05) is 62.4 Å². The zero-order valence-electron chi connectivity index (χ0n) is 31.8. The zero-order chi connectivity index (χ0) is 37.9. The van der Waals surface area contributed by atoms with Crippen molar-refractivity contribution in [2.75, 3.05) is 7.11 Å². The average Bonchev–Trinajstić information content (AvgIpc) is 3.63. The Labute approximate surface area is 312 Å². The molecule has 1 saturated heterocycles. The largest absolute Gasteiger partial charge is 0.496 e. The Balaban J connectivity index is 1.11. The van der Waals surface area contributed by atoms with Crippen LogP contribution in [-0.4, -0.2) is 44.4 Å². The number of carbonyl (C=O) groups excluding carboxylic acids is 2. The molecule has 2 heterocycles. The summed E-state index contributed by atoms with van der Waals surface area (Å²) in [6.45, 7) is 13.2. The van der Waals surface area contributed by atoms with Gasteiger partial charge in [0.2, 0.25) is 5.91 Å². The van der Waals surface area contributed by atoms with Crippen molar-refractivity contribution in [1.82, 2.24) is 19.2 Å². The van der Waals surface area contributed by atoms with Crippen LogP contribution in [0, 0.1) is 0 Å². The highest BCUT2D eigenvalue weighted by molar-refractivity contribution is 5.97. The van der Waals surface area contributed by atoms with Crippen LogP contribution in [-0.2, 0) is 40.9 Å². The second kappa shape index (κ2) is 15.7. The normalized spacial score (nSPS) is 16.4. The Bertz CT molecular complexity index is 2110. The van der Waals surface area contributed by atoms with E-state index in [1.165, 1.54) is 16.0 Å². The summed E-state index contributed by atoms with van der Waals surface area (Å²) in [6.07, 6.45) is 1.23. The lowest BCUT2D eigenvalue weighted by Crippen LogP contribution is -2.40. The maximum absolute atomic E-state index is 13.8. The predicted octanol–water partition coefficient (Wildman–Crippen LogP) is 8.47. The van der Waals surface area contributed by atoms with Crippen LogP contribution in [0.3, 0.4) is 0 Å². The van der Waals surface area contributed by atoms with E-state index in [4.69, 9.17) is 14.6 Å². The Morgan fingerprint density at radius 1 is 0.887 bits per heavy atom. The Kier molecular flexibility index (Phi) is 11.0. The summed E-state index contributed by atoms with van der Waals surface area (Å²) in [5.41, 5.74) is 7.00. The van der Waals surface area contributed by atoms with Crippen LogP contribution in [0.15, 0.2) is 102 Å². The van der Waals surface area contributed by atoms with Gasteiger partial charge in [-0.05, 0) is 84.5 Å². The highest BCUT2D eigenvalue weighted by Gasteiger charge is 2.45. The van der Waals surface area contributed by atoms with Crippen LogP contribution in [0.4, 0.5) is 4.79 Å². The number of ether oxygens (including phenoxy) is 2. The summed E-state index contributed by atoms with van der Waals surface area (Å²) in [5, 5.41) is 4.74.